The lowest BCUT2D eigenvalue weighted by Gasteiger charge is -2.22. The van der Waals surface area contributed by atoms with E-state index in [1.807, 2.05) is 41.0 Å². The van der Waals surface area contributed by atoms with Crippen molar-refractivity contribution in [1.29, 1.82) is 0 Å². The first kappa shape index (κ1) is 19.7. The Balaban J connectivity index is 1.40. The molecular weight excluding hydrogens is 382 g/mol. The third-order valence-electron chi connectivity index (χ3n) is 5.49. The lowest BCUT2D eigenvalue weighted by atomic mass is 9.84. The molecule has 5 nitrogen and oxygen atoms in total. The molecule has 6 heteroatoms. The molecule has 1 fully saturated rings. The Morgan fingerprint density at radius 2 is 1.93 bits per heavy atom. The minimum atomic E-state index is 0.102. The van der Waals surface area contributed by atoms with E-state index in [1.54, 1.807) is 13.4 Å². The highest BCUT2D eigenvalue weighted by molar-refractivity contribution is 7.99. The quantitative estimate of drug-likeness (QED) is 0.393. The number of carbonyl (C=O) groups excluding carboxylic acids is 1. The summed E-state index contributed by atoms with van der Waals surface area (Å²) >= 11 is 1.40. The summed E-state index contributed by atoms with van der Waals surface area (Å²) in [6, 6.07) is 15.9. The lowest BCUT2D eigenvalue weighted by Crippen LogP contribution is -2.07. The molecule has 0 saturated heterocycles. The lowest BCUT2D eigenvalue weighted by molar-refractivity contribution is 0.102. The standard InChI is InChI=1S/C23H25N3O2S/c1-28-21-9-5-8-20(14-21)26-16-24-25-23(26)29-15-22(27)19-12-10-18(11-13-19)17-6-3-2-4-7-17/h5,8-14,16-17H,2-4,6-7,15H2,1H3. The summed E-state index contributed by atoms with van der Waals surface area (Å²) < 4.78 is 7.15. The van der Waals surface area contributed by atoms with Gasteiger partial charge in [0.1, 0.15) is 12.1 Å². The van der Waals surface area contributed by atoms with Crippen molar-refractivity contribution in [2.75, 3.05) is 12.9 Å². The van der Waals surface area contributed by atoms with Crippen molar-refractivity contribution >= 4 is 17.5 Å². The molecule has 1 saturated carbocycles. The predicted molar refractivity (Wildman–Crippen MR) is 115 cm³/mol. The van der Waals surface area contributed by atoms with Crippen LogP contribution in [0.1, 0.15) is 53.9 Å². The van der Waals surface area contributed by atoms with Crippen LogP contribution in [0.3, 0.4) is 0 Å². The maximum atomic E-state index is 12.7. The fourth-order valence-corrected chi connectivity index (χ4v) is 4.67. The molecule has 1 aliphatic rings. The molecule has 1 aliphatic carbocycles. The zero-order chi connectivity index (χ0) is 20.1. The molecule has 0 spiro atoms. The summed E-state index contributed by atoms with van der Waals surface area (Å²) in [4.78, 5) is 12.7. The number of ketones is 1. The van der Waals surface area contributed by atoms with Crippen LogP contribution < -0.4 is 4.74 Å². The number of hydrogen-bond donors (Lipinski definition) is 0. The Hall–Kier alpha value is -2.60. The van der Waals surface area contributed by atoms with Gasteiger partial charge in [0.25, 0.3) is 0 Å². The van der Waals surface area contributed by atoms with Crippen molar-refractivity contribution < 1.29 is 9.53 Å². The zero-order valence-corrected chi connectivity index (χ0v) is 17.4. The first-order valence-corrected chi connectivity index (χ1v) is 11.0. The van der Waals surface area contributed by atoms with E-state index in [1.165, 1.54) is 49.4 Å². The molecule has 0 aliphatic heterocycles. The van der Waals surface area contributed by atoms with Crippen molar-refractivity contribution in [2.45, 2.75) is 43.2 Å². The summed E-state index contributed by atoms with van der Waals surface area (Å²) in [5.41, 5.74) is 3.03. The molecule has 0 bridgehead atoms. The Morgan fingerprint density at radius 1 is 1.14 bits per heavy atom. The molecule has 0 radical (unpaired) electrons. The molecule has 0 atom stereocenters. The third-order valence-corrected chi connectivity index (χ3v) is 6.43. The SMILES string of the molecule is COc1cccc(-n2cnnc2SCC(=O)c2ccc(C3CCCCC3)cc2)c1. The van der Waals surface area contributed by atoms with Gasteiger partial charge < -0.3 is 4.74 Å². The van der Waals surface area contributed by atoms with Gasteiger partial charge in [-0.25, -0.2) is 0 Å². The largest absolute Gasteiger partial charge is 0.497 e. The van der Waals surface area contributed by atoms with Crippen molar-refractivity contribution in [2.24, 2.45) is 0 Å². The molecule has 0 unspecified atom stereocenters. The van der Waals surface area contributed by atoms with Crippen molar-refractivity contribution in [3.8, 4) is 11.4 Å². The van der Waals surface area contributed by atoms with Crippen LogP contribution >= 0.6 is 11.8 Å². The second-order valence-electron chi connectivity index (χ2n) is 7.35. The number of methoxy groups -OCH3 is 1. The van der Waals surface area contributed by atoms with Crippen LogP contribution in [0.25, 0.3) is 5.69 Å². The molecule has 3 aromatic rings. The normalized spacial score (nSPS) is 14.7. The van der Waals surface area contributed by atoms with Crippen LogP contribution in [0, 0.1) is 0 Å². The number of Topliss-reactive ketones (excluding diaryl/α,β-unsaturated/α-hetero) is 1. The molecule has 0 N–H and O–H groups in total. The Labute approximate surface area is 175 Å². The van der Waals surface area contributed by atoms with E-state index < -0.39 is 0 Å². The Kier molecular flexibility index (Phi) is 6.30. The zero-order valence-electron chi connectivity index (χ0n) is 16.6. The van der Waals surface area contributed by atoms with Gasteiger partial charge in [0, 0.05) is 11.6 Å². The van der Waals surface area contributed by atoms with E-state index in [4.69, 9.17) is 4.74 Å². The highest BCUT2D eigenvalue weighted by Crippen LogP contribution is 2.32. The number of rotatable bonds is 7. The van der Waals surface area contributed by atoms with Gasteiger partial charge in [-0.2, -0.15) is 0 Å². The van der Waals surface area contributed by atoms with Crippen LogP contribution in [0.15, 0.2) is 60.0 Å². The van der Waals surface area contributed by atoms with E-state index in [9.17, 15) is 4.79 Å². The van der Waals surface area contributed by atoms with Gasteiger partial charge in [-0.15, -0.1) is 10.2 Å². The summed E-state index contributed by atoms with van der Waals surface area (Å²) in [5, 5.41) is 8.87. The molecular formula is C23H25N3O2S. The van der Waals surface area contributed by atoms with Gasteiger partial charge in [0.15, 0.2) is 10.9 Å². The second kappa shape index (κ2) is 9.27. The minimum absolute atomic E-state index is 0.102. The van der Waals surface area contributed by atoms with Crippen LogP contribution in [-0.2, 0) is 0 Å². The molecule has 150 valence electrons. The molecule has 2 aromatic carbocycles. The number of benzene rings is 2. The van der Waals surface area contributed by atoms with E-state index in [0.29, 0.717) is 16.8 Å². The predicted octanol–water partition coefficient (Wildman–Crippen LogP) is 5.30. The highest BCUT2D eigenvalue weighted by atomic mass is 32.2. The summed E-state index contributed by atoms with van der Waals surface area (Å²) in [6.07, 6.45) is 8.17. The monoisotopic (exact) mass is 407 g/mol. The summed E-state index contributed by atoms with van der Waals surface area (Å²) in [5.74, 6) is 1.85. The van der Waals surface area contributed by atoms with E-state index in [-0.39, 0.29) is 5.78 Å². The maximum Gasteiger partial charge on any atom is 0.196 e. The fraction of sp³-hybridized carbons (Fsp3) is 0.348. The first-order chi connectivity index (χ1) is 14.2. The van der Waals surface area contributed by atoms with Gasteiger partial charge in [-0.3, -0.25) is 9.36 Å². The smallest absolute Gasteiger partial charge is 0.196 e. The Morgan fingerprint density at radius 3 is 2.69 bits per heavy atom. The van der Waals surface area contributed by atoms with Gasteiger partial charge in [-0.05, 0) is 36.5 Å². The fourth-order valence-electron chi connectivity index (χ4n) is 3.85. The average molecular weight is 408 g/mol. The minimum Gasteiger partial charge on any atom is -0.497 e. The number of hydrogen-bond acceptors (Lipinski definition) is 5. The number of nitrogens with zero attached hydrogens (tertiary/aromatic N) is 3. The third kappa shape index (κ3) is 4.70. The van der Waals surface area contributed by atoms with Crippen LogP contribution in [0.5, 0.6) is 5.75 Å². The maximum absolute atomic E-state index is 12.7. The summed E-state index contributed by atoms with van der Waals surface area (Å²) in [6.45, 7) is 0. The molecule has 1 heterocycles. The van der Waals surface area contributed by atoms with Gasteiger partial charge in [0.2, 0.25) is 0 Å². The topological polar surface area (TPSA) is 57.0 Å². The van der Waals surface area contributed by atoms with Gasteiger partial charge in [-0.1, -0.05) is 61.4 Å². The van der Waals surface area contributed by atoms with Crippen LogP contribution in [-0.4, -0.2) is 33.4 Å². The molecule has 0 amide bonds. The number of ether oxygens (including phenoxy) is 1. The van der Waals surface area contributed by atoms with Gasteiger partial charge in [0.05, 0.1) is 18.6 Å². The number of aromatic nitrogens is 3. The number of carbonyl (C=O) groups is 1. The van der Waals surface area contributed by atoms with Crippen LogP contribution in [0.4, 0.5) is 0 Å². The molecule has 1 aromatic heterocycles. The Bertz CT molecular complexity index is 962. The van der Waals surface area contributed by atoms with Crippen LogP contribution in [0.2, 0.25) is 0 Å². The van der Waals surface area contributed by atoms with E-state index in [0.717, 1.165) is 17.0 Å². The summed E-state index contributed by atoms with van der Waals surface area (Å²) in [7, 11) is 1.64. The van der Waals surface area contributed by atoms with E-state index >= 15 is 0 Å². The van der Waals surface area contributed by atoms with E-state index in [2.05, 4.69) is 22.3 Å². The average Bonchev–Trinajstić information content (AvgIpc) is 3.27. The van der Waals surface area contributed by atoms with Crippen molar-refractivity contribution in [3.05, 3.63) is 66.0 Å². The molecule has 4 rings (SSSR count). The number of thioether (sulfide) groups is 1. The van der Waals surface area contributed by atoms with Gasteiger partial charge >= 0.3 is 0 Å². The first-order valence-electron chi connectivity index (χ1n) is 10.0. The second-order valence-corrected chi connectivity index (χ2v) is 8.30. The molecule has 29 heavy (non-hydrogen) atoms. The van der Waals surface area contributed by atoms with Crippen molar-refractivity contribution in [1.82, 2.24) is 14.8 Å². The highest BCUT2D eigenvalue weighted by Gasteiger charge is 2.16. The van der Waals surface area contributed by atoms with Crippen molar-refractivity contribution in [3.63, 3.8) is 0 Å².